The van der Waals surface area contributed by atoms with E-state index < -0.39 is 16.6 Å². The van der Waals surface area contributed by atoms with Crippen molar-refractivity contribution in [3.63, 3.8) is 0 Å². The molecule has 1 aromatic carbocycles. The van der Waals surface area contributed by atoms with Crippen LogP contribution in [0.5, 0.6) is 0 Å². The van der Waals surface area contributed by atoms with E-state index in [4.69, 9.17) is 8.85 Å². The van der Waals surface area contributed by atoms with Crippen LogP contribution in [0.25, 0.3) is 0 Å². The zero-order chi connectivity index (χ0) is 24.0. The highest BCUT2D eigenvalue weighted by atomic mass is 28.4. The van der Waals surface area contributed by atoms with Gasteiger partial charge in [0.15, 0.2) is 8.32 Å². The number of rotatable bonds is 7. The molecule has 0 bridgehead atoms. The Morgan fingerprint density at radius 2 is 1.47 bits per heavy atom. The SMILES string of the molecule is CC(C)(C)[Si](C)(C)O/C(=C1/CCN(Cc2ccccc2)C1)C1(O[Si](C)(C)C(C)(C)C)CC1. The van der Waals surface area contributed by atoms with Crippen LogP contribution in [0, 0.1) is 0 Å². The molecule has 0 unspecified atom stereocenters. The van der Waals surface area contributed by atoms with Gasteiger partial charge in [0.05, 0.1) is 0 Å². The normalized spacial score (nSPS) is 21.6. The van der Waals surface area contributed by atoms with Crippen molar-refractivity contribution in [3.8, 4) is 0 Å². The Kier molecular flexibility index (Phi) is 7.01. The summed E-state index contributed by atoms with van der Waals surface area (Å²) < 4.78 is 14.3. The largest absolute Gasteiger partial charge is 0.544 e. The standard InChI is InChI=1S/C27H47NO2Si2/c1-25(2,3)31(7,8)29-24(27(17-18-27)30-32(9,10)26(4,5)6)23-16-19-28(21-23)20-22-14-12-11-13-15-22/h11-15H,16-21H2,1-10H3/b24-23-. The summed E-state index contributed by atoms with van der Waals surface area (Å²) in [5, 5.41) is 0.374. The lowest BCUT2D eigenvalue weighted by Crippen LogP contribution is -2.48. The fourth-order valence-corrected chi connectivity index (χ4v) is 6.64. The van der Waals surface area contributed by atoms with Crippen molar-refractivity contribution < 1.29 is 8.85 Å². The third-order valence-electron chi connectivity index (χ3n) is 8.25. The maximum Gasteiger partial charge on any atom is 0.250 e. The average molecular weight is 474 g/mol. The second-order valence-electron chi connectivity index (χ2n) is 13.1. The summed E-state index contributed by atoms with van der Waals surface area (Å²) >= 11 is 0. The summed E-state index contributed by atoms with van der Waals surface area (Å²) in [6.45, 7) is 26.7. The zero-order valence-electron chi connectivity index (χ0n) is 22.4. The molecule has 1 saturated heterocycles. The van der Waals surface area contributed by atoms with E-state index in [0.717, 1.165) is 38.9 Å². The predicted molar refractivity (Wildman–Crippen MR) is 142 cm³/mol. The van der Waals surface area contributed by atoms with Crippen LogP contribution in [0.1, 0.15) is 66.4 Å². The molecule has 32 heavy (non-hydrogen) atoms. The molecule has 1 aliphatic carbocycles. The first-order valence-electron chi connectivity index (χ1n) is 12.4. The molecule has 0 spiro atoms. The molecule has 0 N–H and O–H groups in total. The van der Waals surface area contributed by atoms with Gasteiger partial charge in [-0.25, -0.2) is 0 Å². The van der Waals surface area contributed by atoms with Gasteiger partial charge in [-0.1, -0.05) is 71.9 Å². The van der Waals surface area contributed by atoms with Crippen LogP contribution >= 0.6 is 0 Å². The van der Waals surface area contributed by atoms with Gasteiger partial charge in [0.2, 0.25) is 8.32 Å². The van der Waals surface area contributed by atoms with Crippen molar-refractivity contribution in [1.82, 2.24) is 4.90 Å². The highest BCUT2D eigenvalue weighted by Gasteiger charge is 2.57. The molecule has 1 aromatic rings. The van der Waals surface area contributed by atoms with Crippen molar-refractivity contribution >= 4 is 16.6 Å². The lowest BCUT2D eigenvalue weighted by atomic mass is 10.1. The second kappa shape index (κ2) is 8.72. The smallest absolute Gasteiger partial charge is 0.250 e. The average Bonchev–Trinajstić information content (AvgIpc) is 3.26. The Bertz CT molecular complexity index is 827. The van der Waals surface area contributed by atoms with Crippen LogP contribution in [0.2, 0.25) is 36.3 Å². The predicted octanol–water partition coefficient (Wildman–Crippen LogP) is 7.72. The quantitative estimate of drug-likeness (QED) is 0.299. The molecule has 0 atom stereocenters. The second-order valence-corrected chi connectivity index (χ2v) is 22.5. The van der Waals surface area contributed by atoms with Crippen LogP contribution in [0.3, 0.4) is 0 Å². The highest BCUT2D eigenvalue weighted by Crippen LogP contribution is 2.55. The van der Waals surface area contributed by atoms with Crippen molar-refractivity contribution in [2.75, 3.05) is 13.1 Å². The highest BCUT2D eigenvalue weighted by molar-refractivity contribution is 6.75. The molecule has 2 aliphatic rings. The number of hydrogen-bond acceptors (Lipinski definition) is 3. The molecule has 0 aromatic heterocycles. The van der Waals surface area contributed by atoms with Gasteiger partial charge in [-0.15, -0.1) is 0 Å². The Labute approximate surface area is 199 Å². The van der Waals surface area contributed by atoms with E-state index in [1.165, 1.54) is 16.9 Å². The molecule has 5 heteroatoms. The summed E-state index contributed by atoms with van der Waals surface area (Å²) in [6, 6.07) is 10.8. The van der Waals surface area contributed by atoms with E-state index in [9.17, 15) is 0 Å². The summed E-state index contributed by atoms with van der Waals surface area (Å²) in [5.74, 6) is 1.23. The van der Waals surface area contributed by atoms with Gasteiger partial charge in [-0.05, 0) is 66.7 Å². The number of likely N-dealkylation sites (tertiary alicyclic amines) is 1. The third kappa shape index (κ3) is 5.60. The summed E-state index contributed by atoms with van der Waals surface area (Å²) in [5.41, 5.74) is 2.69. The molecule has 3 nitrogen and oxygen atoms in total. The number of benzene rings is 1. The zero-order valence-corrected chi connectivity index (χ0v) is 24.4. The summed E-state index contributed by atoms with van der Waals surface area (Å²) in [7, 11) is -3.87. The Morgan fingerprint density at radius 1 is 0.906 bits per heavy atom. The van der Waals surface area contributed by atoms with Crippen molar-refractivity contribution in [1.29, 1.82) is 0 Å². The van der Waals surface area contributed by atoms with Crippen LogP contribution in [-0.2, 0) is 15.4 Å². The molecule has 0 radical (unpaired) electrons. The van der Waals surface area contributed by atoms with Gasteiger partial charge in [-0.3, -0.25) is 4.90 Å². The fraction of sp³-hybridized carbons (Fsp3) is 0.704. The minimum absolute atomic E-state index is 0.175. The summed E-state index contributed by atoms with van der Waals surface area (Å²) in [4.78, 5) is 2.57. The third-order valence-corrected chi connectivity index (χ3v) is 17.1. The van der Waals surface area contributed by atoms with Crippen molar-refractivity contribution in [2.24, 2.45) is 0 Å². The first-order valence-corrected chi connectivity index (χ1v) is 18.3. The maximum atomic E-state index is 7.16. The van der Waals surface area contributed by atoms with E-state index in [2.05, 4.69) is 103 Å². The molecule has 1 saturated carbocycles. The fourth-order valence-electron chi connectivity index (χ4n) is 3.91. The van der Waals surface area contributed by atoms with Gasteiger partial charge >= 0.3 is 0 Å². The van der Waals surface area contributed by atoms with Crippen LogP contribution in [0.4, 0.5) is 0 Å². The van der Waals surface area contributed by atoms with E-state index >= 15 is 0 Å². The number of nitrogens with zero attached hydrogens (tertiary/aromatic N) is 1. The van der Waals surface area contributed by atoms with E-state index in [1.54, 1.807) is 0 Å². The Morgan fingerprint density at radius 3 is 1.97 bits per heavy atom. The number of hydrogen-bond donors (Lipinski definition) is 0. The van der Waals surface area contributed by atoms with Crippen LogP contribution < -0.4 is 0 Å². The topological polar surface area (TPSA) is 21.7 Å². The van der Waals surface area contributed by atoms with Gasteiger partial charge in [0.1, 0.15) is 11.4 Å². The van der Waals surface area contributed by atoms with Crippen molar-refractivity contribution in [2.45, 2.75) is 109 Å². The lowest BCUT2D eigenvalue weighted by Gasteiger charge is -2.44. The molecule has 0 amide bonds. The van der Waals surface area contributed by atoms with Gasteiger partial charge in [0, 0.05) is 19.6 Å². The van der Waals surface area contributed by atoms with Crippen LogP contribution in [0.15, 0.2) is 41.7 Å². The molecule has 2 fully saturated rings. The monoisotopic (exact) mass is 473 g/mol. The van der Waals surface area contributed by atoms with Crippen molar-refractivity contribution in [3.05, 3.63) is 47.2 Å². The van der Waals surface area contributed by atoms with E-state index in [1.807, 2.05) is 0 Å². The first-order chi connectivity index (χ1) is 14.6. The Balaban J connectivity index is 1.91. The molecule has 180 valence electrons. The van der Waals surface area contributed by atoms with Gasteiger partial charge < -0.3 is 8.85 Å². The van der Waals surface area contributed by atoms with Crippen LogP contribution in [-0.4, -0.2) is 40.2 Å². The lowest BCUT2D eigenvalue weighted by molar-refractivity contribution is 0.138. The van der Waals surface area contributed by atoms with E-state index in [-0.39, 0.29) is 15.7 Å². The maximum absolute atomic E-state index is 7.16. The Hall–Kier alpha value is -0.886. The minimum Gasteiger partial charge on any atom is -0.544 e. The first kappa shape index (κ1) is 25.7. The van der Waals surface area contributed by atoms with E-state index in [0.29, 0.717) is 0 Å². The molecular weight excluding hydrogens is 426 g/mol. The minimum atomic E-state index is -1.96. The molecule has 3 rings (SSSR count). The molecule has 1 aliphatic heterocycles. The van der Waals surface area contributed by atoms with Gasteiger partial charge in [-0.2, -0.15) is 0 Å². The van der Waals surface area contributed by atoms with Gasteiger partial charge in [0.25, 0.3) is 0 Å². The molecular formula is C27H47NO2Si2. The summed E-state index contributed by atoms with van der Waals surface area (Å²) in [6.07, 6.45) is 3.30. The molecule has 1 heterocycles.